The number of nitrogens with zero attached hydrogens (tertiary/aromatic N) is 1. The first kappa shape index (κ1) is 12.5. The maximum absolute atomic E-state index is 12.4. The van der Waals surface area contributed by atoms with Gasteiger partial charge < -0.3 is 10.6 Å². The molecule has 0 spiro atoms. The van der Waals surface area contributed by atoms with E-state index in [4.69, 9.17) is 5.73 Å². The molecule has 92 valence electrons. The molecule has 1 aliphatic rings. The van der Waals surface area contributed by atoms with E-state index in [9.17, 15) is 4.79 Å². The molecule has 0 unspecified atom stereocenters. The molecule has 1 aliphatic heterocycles. The Morgan fingerprint density at radius 2 is 2.24 bits per heavy atom. The van der Waals surface area contributed by atoms with Gasteiger partial charge in [-0.15, -0.1) is 11.8 Å². The fourth-order valence-electron chi connectivity index (χ4n) is 2.19. The van der Waals surface area contributed by atoms with Gasteiger partial charge in [0.2, 0.25) is 0 Å². The van der Waals surface area contributed by atoms with Crippen molar-refractivity contribution in [1.29, 1.82) is 0 Å². The van der Waals surface area contributed by atoms with Crippen molar-refractivity contribution >= 4 is 17.7 Å². The van der Waals surface area contributed by atoms with Crippen LogP contribution < -0.4 is 5.73 Å². The number of hydrogen-bond acceptors (Lipinski definition) is 3. The zero-order chi connectivity index (χ0) is 12.3. The summed E-state index contributed by atoms with van der Waals surface area (Å²) in [5.41, 5.74) is 6.71. The third kappa shape index (κ3) is 2.82. The van der Waals surface area contributed by atoms with E-state index < -0.39 is 0 Å². The Morgan fingerprint density at radius 3 is 2.94 bits per heavy atom. The maximum atomic E-state index is 12.4. The van der Waals surface area contributed by atoms with Gasteiger partial charge in [0.25, 0.3) is 5.91 Å². The highest BCUT2D eigenvalue weighted by Crippen LogP contribution is 2.22. The van der Waals surface area contributed by atoms with E-state index in [0.717, 1.165) is 29.8 Å². The summed E-state index contributed by atoms with van der Waals surface area (Å²) in [6.45, 7) is 1.51. The molecule has 0 saturated carbocycles. The molecular formula is C13H18N2OS. The average Bonchev–Trinajstić information content (AvgIpc) is 2.38. The summed E-state index contributed by atoms with van der Waals surface area (Å²) in [4.78, 5) is 15.3. The zero-order valence-corrected chi connectivity index (χ0v) is 10.9. The number of rotatable bonds is 2. The molecule has 1 aromatic carbocycles. The molecule has 4 heteroatoms. The van der Waals surface area contributed by atoms with Gasteiger partial charge in [-0.05, 0) is 31.2 Å². The fraction of sp³-hybridized carbons (Fsp3) is 0.462. The van der Waals surface area contributed by atoms with Crippen LogP contribution in [0.25, 0.3) is 0 Å². The molecule has 1 amide bonds. The van der Waals surface area contributed by atoms with Crippen LogP contribution in [0.15, 0.2) is 29.2 Å². The Morgan fingerprint density at radius 1 is 1.47 bits per heavy atom. The number of amides is 1. The van der Waals surface area contributed by atoms with Crippen LogP contribution in [0.4, 0.5) is 0 Å². The molecule has 0 bridgehead atoms. The molecule has 2 rings (SSSR count). The van der Waals surface area contributed by atoms with Gasteiger partial charge in [-0.1, -0.05) is 12.1 Å². The van der Waals surface area contributed by atoms with Crippen molar-refractivity contribution < 1.29 is 4.79 Å². The lowest BCUT2D eigenvalue weighted by Crippen LogP contribution is -2.45. The van der Waals surface area contributed by atoms with Crippen LogP contribution in [-0.4, -0.2) is 36.2 Å². The third-order valence-corrected chi connectivity index (χ3v) is 3.88. The van der Waals surface area contributed by atoms with Gasteiger partial charge in [0.15, 0.2) is 0 Å². The minimum Gasteiger partial charge on any atom is -0.337 e. The fourth-order valence-corrected chi connectivity index (χ4v) is 2.78. The predicted molar refractivity (Wildman–Crippen MR) is 71.3 cm³/mol. The number of carbonyl (C=O) groups is 1. The van der Waals surface area contributed by atoms with Gasteiger partial charge in [0.05, 0.1) is 5.56 Å². The Bertz CT molecular complexity index is 408. The summed E-state index contributed by atoms with van der Waals surface area (Å²) in [7, 11) is 0. The molecule has 1 saturated heterocycles. The van der Waals surface area contributed by atoms with E-state index >= 15 is 0 Å². The Hall–Kier alpha value is -1.00. The summed E-state index contributed by atoms with van der Waals surface area (Å²) in [6, 6.07) is 7.89. The van der Waals surface area contributed by atoms with Crippen LogP contribution in [0, 0.1) is 0 Å². The number of nitrogens with two attached hydrogens (primary N) is 1. The van der Waals surface area contributed by atoms with Crippen LogP contribution >= 0.6 is 11.8 Å². The smallest absolute Gasteiger partial charge is 0.255 e. The van der Waals surface area contributed by atoms with Gasteiger partial charge in [-0.2, -0.15) is 0 Å². The van der Waals surface area contributed by atoms with E-state index in [1.807, 2.05) is 35.4 Å². The minimum absolute atomic E-state index is 0.116. The molecule has 17 heavy (non-hydrogen) atoms. The number of piperidine rings is 1. The van der Waals surface area contributed by atoms with E-state index in [0.29, 0.717) is 6.54 Å². The van der Waals surface area contributed by atoms with Gasteiger partial charge in [0, 0.05) is 24.0 Å². The Balaban J connectivity index is 2.18. The molecule has 0 aromatic heterocycles. The second-order valence-electron chi connectivity index (χ2n) is 4.35. The number of likely N-dealkylation sites (tertiary alicyclic amines) is 1. The second-order valence-corrected chi connectivity index (χ2v) is 5.20. The quantitative estimate of drug-likeness (QED) is 0.816. The summed E-state index contributed by atoms with van der Waals surface area (Å²) in [5.74, 6) is 0.116. The highest BCUT2D eigenvalue weighted by atomic mass is 32.2. The van der Waals surface area contributed by atoms with Crippen LogP contribution in [0.3, 0.4) is 0 Å². The van der Waals surface area contributed by atoms with Crippen LogP contribution in [0.5, 0.6) is 0 Å². The SMILES string of the molecule is CSc1ccccc1C(=O)N1CCC[C@@H](N)C1. The average molecular weight is 250 g/mol. The lowest BCUT2D eigenvalue weighted by molar-refractivity contribution is 0.0705. The Kier molecular flexibility index (Phi) is 4.07. The van der Waals surface area contributed by atoms with Crippen LogP contribution in [0.1, 0.15) is 23.2 Å². The first-order chi connectivity index (χ1) is 8.22. The normalized spacial score (nSPS) is 20.4. The molecule has 3 nitrogen and oxygen atoms in total. The van der Waals surface area contributed by atoms with E-state index in [-0.39, 0.29) is 11.9 Å². The molecule has 1 atom stereocenters. The standard InChI is InChI=1S/C13H18N2OS/c1-17-12-7-3-2-6-11(12)13(16)15-8-4-5-10(14)9-15/h2-3,6-7,10H,4-5,8-9,14H2,1H3/t10-/m1/s1. The molecule has 1 heterocycles. The number of hydrogen-bond donors (Lipinski definition) is 1. The van der Waals surface area contributed by atoms with Crippen molar-refractivity contribution in [3.05, 3.63) is 29.8 Å². The monoisotopic (exact) mass is 250 g/mol. The Labute approximate surface area is 106 Å². The third-order valence-electron chi connectivity index (χ3n) is 3.08. The highest BCUT2D eigenvalue weighted by molar-refractivity contribution is 7.98. The number of carbonyl (C=O) groups excluding carboxylic acids is 1. The number of thioether (sulfide) groups is 1. The molecule has 0 radical (unpaired) electrons. The van der Waals surface area contributed by atoms with E-state index in [1.54, 1.807) is 11.8 Å². The van der Waals surface area contributed by atoms with Crippen molar-refractivity contribution in [2.45, 2.75) is 23.8 Å². The van der Waals surface area contributed by atoms with Gasteiger partial charge in [-0.3, -0.25) is 4.79 Å². The van der Waals surface area contributed by atoms with Crippen molar-refractivity contribution in [3.8, 4) is 0 Å². The zero-order valence-electron chi connectivity index (χ0n) is 10.1. The highest BCUT2D eigenvalue weighted by Gasteiger charge is 2.23. The van der Waals surface area contributed by atoms with Crippen molar-refractivity contribution in [2.75, 3.05) is 19.3 Å². The molecular weight excluding hydrogens is 232 g/mol. The van der Waals surface area contributed by atoms with E-state index in [1.165, 1.54) is 0 Å². The lowest BCUT2D eigenvalue weighted by Gasteiger charge is -2.31. The molecule has 0 aliphatic carbocycles. The van der Waals surface area contributed by atoms with Gasteiger partial charge >= 0.3 is 0 Å². The van der Waals surface area contributed by atoms with Crippen LogP contribution in [0.2, 0.25) is 0 Å². The summed E-state index contributed by atoms with van der Waals surface area (Å²) in [5, 5.41) is 0. The van der Waals surface area contributed by atoms with Crippen molar-refractivity contribution in [2.24, 2.45) is 5.73 Å². The topological polar surface area (TPSA) is 46.3 Å². The summed E-state index contributed by atoms with van der Waals surface area (Å²) >= 11 is 1.61. The lowest BCUT2D eigenvalue weighted by atomic mass is 10.1. The van der Waals surface area contributed by atoms with Gasteiger partial charge in [-0.25, -0.2) is 0 Å². The predicted octanol–water partition coefficient (Wildman–Crippen LogP) is 1.97. The molecule has 2 N–H and O–H groups in total. The van der Waals surface area contributed by atoms with E-state index in [2.05, 4.69) is 0 Å². The largest absolute Gasteiger partial charge is 0.337 e. The summed E-state index contributed by atoms with van der Waals surface area (Å²) < 4.78 is 0. The van der Waals surface area contributed by atoms with Crippen molar-refractivity contribution in [3.63, 3.8) is 0 Å². The maximum Gasteiger partial charge on any atom is 0.255 e. The first-order valence-electron chi connectivity index (χ1n) is 5.90. The van der Waals surface area contributed by atoms with Crippen LogP contribution in [-0.2, 0) is 0 Å². The first-order valence-corrected chi connectivity index (χ1v) is 7.12. The summed E-state index contributed by atoms with van der Waals surface area (Å²) in [6.07, 6.45) is 4.02. The second kappa shape index (κ2) is 5.56. The van der Waals surface area contributed by atoms with Crippen molar-refractivity contribution in [1.82, 2.24) is 4.90 Å². The molecule has 1 fully saturated rings. The van der Waals surface area contributed by atoms with Gasteiger partial charge in [0.1, 0.15) is 0 Å². The minimum atomic E-state index is 0.116. The number of benzene rings is 1. The molecule has 1 aromatic rings.